The van der Waals surface area contributed by atoms with Gasteiger partial charge < -0.3 is 10.5 Å². The van der Waals surface area contributed by atoms with Crippen molar-refractivity contribution in [2.24, 2.45) is 5.73 Å². The Morgan fingerprint density at radius 3 is 2.67 bits per heavy atom. The predicted molar refractivity (Wildman–Crippen MR) is 90.6 cm³/mol. The van der Waals surface area contributed by atoms with Crippen LogP contribution in [0.15, 0.2) is 71.0 Å². The van der Waals surface area contributed by atoms with Gasteiger partial charge in [-0.05, 0) is 42.6 Å². The summed E-state index contributed by atoms with van der Waals surface area (Å²) in [6.07, 6.45) is 2.83. The van der Waals surface area contributed by atoms with Gasteiger partial charge in [-0.25, -0.2) is 0 Å². The molecule has 0 aliphatic heterocycles. The zero-order valence-electron chi connectivity index (χ0n) is 12.2. The third-order valence-corrected chi connectivity index (χ3v) is 3.96. The molecule has 21 heavy (non-hydrogen) atoms. The first-order chi connectivity index (χ1) is 10.3. The van der Waals surface area contributed by atoms with Gasteiger partial charge >= 0.3 is 0 Å². The first-order valence-corrected chi connectivity index (χ1v) is 8.01. The fourth-order valence-electron chi connectivity index (χ4n) is 2.04. The second kappa shape index (κ2) is 8.55. The second-order valence-corrected chi connectivity index (χ2v) is 5.64. The number of allylic oxidation sites excluding steroid dienone is 1. The number of rotatable bonds is 7. The summed E-state index contributed by atoms with van der Waals surface area (Å²) in [7, 11) is 0. The van der Waals surface area contributed by atoms with Crippen LogP contribution in [0, 0.1) is 0 Å². The summed E-state index contributed by atoms with van der Waals surface area (Å²) in [5, 5.41) is 2.06. The Morgan fingerprint density at radius 1 is 1.14 bits per heavy atom. The summed E-state index contributed by atoms with van der Waals surface area (Å²) in [4.78, 5) is 1.17. The summed E-state index contributed by atoms with van der Waals surface area (Å²) in [5.74, 6) is 0.881. The van der Waals surface area contributed by atoms with E-state index in [1.54, 1.807) is 11.8 Å². The smallest absolute Gasteiger partial charge is 0.125 e. The standard InChI is InChI=1S/C18H21NOS/c1-2-13-21-17-10-6-9-16(14-17)20-18(11-12-19)15-7-4-3-5-8-15/h2-10,13-14,18H,11-12,19H2,1H3/b13-2-. The van der Waals surface area contributed by atoms with Crippen LogP contribution in [0.3, 0.4) is 0 Å². The van der Waals surface area contributed by atoms with Crippen LogP contribution < -0.4 is 10.5 Å². The van der Waals surface area contributed by atoms with Crippen molar-refractivity contribution in [2.45, 2.75) is 24.3 Å². The average molecular weight is 299 g/mol. The minimum Gasteiger partial charge on any atom is -0.486 e. The van der Waals surface area contributed by atoms with Crippen molar-refractivity contribution < 1.29 is 4.74 Å². The number of ether oxygens (including phenoxy) is 1. The van der Waals surface area contributed by atoms with E-state index in [2.05, 4.69) is 29.7 Å². The molecule has 0 aromatic heterocycles. The summed E-state index contributed by atoms with van der Waals surface area (Å²) in [6, 6.07) is 18.4. The number of thioether (sulfide) groups is 1. The van der Waals surface area contributed by atoms with E-state index in [9.17, 15) is 0 Å². The topological polar surface area (TPSA) is 35.2 Å². The van der Waals surface area contributed by atoms with Crippen molar-refractivity contribution in [1.29, 1.82) is 0 Å². The quantitative estimate of drug-likeness (QED) is 0.747. The van der Waals surface area contributed by atoms with Gasteiger partial charge in [-0.3, -0.25) is 0 Å². The summed E-state index contributed by atoms with van der Waals surface area (Å²) in [5.41, 5.74) is 6.88. The van der Waals surface area contributed by atoms with Gasteiger partial charge in [0, 0.05) is 11.3 Å². The number of hydrogen-bond donors (Lipinski definition) is 1. The summed E-state index contributed by atoms with van der Waals surface area (Å²) < 4.78 is 6.14. The fraction of sp³-hybridized carbons (Fsp3) is 0.222. The first kappa shape index (κ1) is 15.7. The highest BCUT2D eigenvalue weighted by atomic mass is 32.2. The van der Waals surface area contributed by atoms with Crippen LogP contribution in [0.5, 0.6) is 5.75 Å². The van der Waals surface area contributed by atoms with Crippen LogP contribution in [0.2, 0.25) is 0 Å². The Bertz CT molecular complexity index is 568. The lowest BCUT2D eigenvalue weighted by Crippen LogP contribution is -2.13. The zero-order chi connectivity index (χ0) is 14.9. The molecule has 0 aliphatic rings. The number of benzene rings is 2. The van der Waals surface area contributed by atoms with Crippen molar-refractivity contribution in [3.05, 3.63) is 71.6 Å². The average Bonchev–Trinajstić information content (AvgIpc) is 2.54. The van der Waals surface area contributed by atoms with Crippen LogP contribution >= 0.6 is 11.8 Å². The van der Waals surface area contributed by atoms with E-state index in [1.807, 2.05) is 43.3 Å². The van der Waals surface area contributed by atoms with Crippen LogP contribution in [-0.4, -0.2) is 6.54 Å². The Labute approximate surface area is 131 Å². The molecule has 110 valence electrons. The third-order valence-electron chi connectivity index (χ3n) is 3.02. The minimum atomic E-state index is -0.00170. The van der Waals surface area contributed by atoms with Crippen LogP contribution in [-0.2, 0) is 0 Å². The van der Waals surface area contributed by atoms with Gasteiger partial charge in [-0.1, -0.05) is 54.2 Å². The second-order valence-electron chi connectivity index (χ2n) is 4.66. The predicted octanol–water partition coefficient (Wildman–Crippen LogP) is 4.78. The molecular formula is C18H21NOS. The number of nitrogens with two attached hydrogens (primary N) is 1. The van der Waals surface area contributed by atoms with E-state index in [4.69, 9.17) is 10.5 Å². The Balaban J connectivity index is 2.13. The molecule has 0 saturated carbocycles. The molecule has 0 radical (unpaired) electrons. The SMILES string of the molecule is C/C=C\Sc1cccc(OC(CCN)c2ccccc2)c1. The van der Waals surface area contributed by atoms with Crippen molar-refractivity contribution in [1.82, 2.24) is 0 Å². The number of hydrogen-bond acceptors (Lipinski definition) is 3. The lowest BCUT2D eigenvalue weighted by atomic mass is 10.1. The lowest BCUT2D eigenvalue weighted by molar-refractivity contribution is 0.197. The van der Waals surface area contributed by atoms with Crippen molar-refractivity contribution >= 4 is 11.8 Å². The zero-order valence-corrected chi connectivity index (χ0v) is 13.1. The molecule has 3 heteroatoms. The van der Waals surface area contributed by atoms with Gasteiger partial charge in [0.15, 0.2) is 0 Å². The van der Waals surface area contributed by atoms with E-state index in [0.717, 1.165) is 17.7 Å². The maximum Gasteiger partial charge on any atom is 0.125 e. The molecule has 1 unspecified atom stereocenters. The van der Waals surface area contributed by atoms with Crippen molar-refractivity contribution in [3.63, 3.8) is 0 Å². The summed E-state index contributed by atoms with van der Waals surface area (Å²) in [6.45, 7) is 2.62. The maximum absolute atomic E-state index is 6.14. The first-order valence-electron chi connectivity index (χ1n) is 7.13. The van der Waals surface area contributed by atoms with E-state index in [-0.39, 0.29) is 6.10 Å². The van der Waals surface area contributed by atoms with Crippen LogP contribution in [0.1, 0.15) is 25.0 Å². The van der Waals surface area contributed by atoms with E-state index in [1.165, 1.54) is 4.90 Å². The Hall–Kier alpha value is -1.71. The largest absolute Gasteiger partial charge is 0.486 e. The molecule has 0 fully saturated rings. The van der Waals surface area contributed by atoms with Gasteiger partial charge in [0.25, 0.3) is 0 Å². The Kier molecular flexibility index (Phi) is 6.38. The van der Waals surface area contributed by atoms with Gasteiger partial charge in [0.1, 0.15) is 11.9 Å². The highest BCUT2D eigenvalue weighted by Crippen LogP contribution is 2.28. The molecule has 2 N–H and O–H groups in total. The third kappa shape index (κ3) is 4.96. The van der Waals surface area contributed by atoms with E-state index < -0.39 is 0 Å². The van der Waals surface area contributed by atoms with E-state index >= 15 is 0 Å². The highest BCUT2D eigenvalue weighted by Gasteiger charge is 2.12. The molecule has 1 atom stereocenters. The molecule has 0 aliphatic carbocycles. The van der Waals surface area contributed by atoms with Crippen LogP contribution in [0.25, 0.3) is 0 Å². The molecule has 0 bridgehead atoms. The molecule has 0 saturated heterocycles. The molecule has 2 nitrogen and oxygen atoms in total. The maximum atomic E-state index is 6.14. The van der Waals surface area contributed by atoms with Crippen molar-refractivity contribution in [3.8, 4) is 5.75 Å². The van der Waals surface area contributed by atoms with Gasteiger partial charge in [0.2, 0.25) is 0 Å². The Morgan fingerprint density at radius 2 is 1.95 bits per heavy atom. The van der Waals surface area contributed by atoms with Gasteiger partial charge in [-0.2, -0.15) is 0 Å². The molecule has 0 heterocycles. The van der Waals surface area contributed by atoms with E-state index in [0.29, 0.717) is 6.54 Å². The monoisotopic (exact) mass is 299 g/mol. The lowest BCUT2D eigenvalue weighted by Gasteiger charge is -2.19. The molecule has 2 aromatic rings. The minimum absolute atomic E-state index is 0.00170. The normalized spacial score (nSPS) is 12.5. The van der Waals surface area contributed by atoms with Gasteiger partial charge in [-0.15, -0.1) is 0 Å². The highest BCUT2D eigenvalue weighted by molar-refractivity contribution is 8.02. The fourth-order valence-corrected chi connectivity index (χ4v) is 2.68. The molecule has 0 amide bonds. The molecule has 2 aromatic carbocycles. The molecular weight excluding hydrogens is 278 g/mol. The van der Waals surface area contributed by atoms with Crippen LogP contribution in [0.4, 0.5) is 0 Å². The van der Waals surface area contributed by atoms with Gasteiger partial charge in [0.05, 0.1) is 0 Å². The molecule has 0 spiro atoms. The summed E-state index contributed by atoms with van der Waals surface area (Å²) >= 11 is 1.69. The van der Waals surface area contributed by atoms with Crippen molar-refractivity contribution in [2.75, 3.05) is 6.54 Å². The molecule has 2 rings (SSSR count).